The van der Waals surface area contributed by atoms with E-state index in [4.69, 9.17) is 9.47 Å². The molecule has 182 valence electrons. The molecule has 34 heavy (non-hydrogen) atoms. The largest absolute Gasteiger partial charge is 0.490 e. The Labute approximate surface area is 220 Å². The van der Waals surface area contributed by atoms with Gasteiger partial charge in [-0.1, -0.05) is 22.9 Å². The summed E-state index contributed by atoms with van der Waals surface area (Å²) in [5.74, 6) is -1.07. The molecule has 0 unspecified atom stereocenters. The fourth-order valence-corrected chi connectivity index (χ4v) is 3.59. The molecule has 3 amide bonds. The van der Waals surface area contributed by atoms with Crippen molar-refractivity contribution >= 4 is 68.1 Å². The molecular weight excluding hydrogens is 619 g/mol. The van der Waals surface area contributed by atoms with Crippen molar-refractivity contribution in [2.75, 3.05) is 18.5 Å². The number of amides is 3. The molecule has 9 nitrogen and oxygen atoms in total. The summed E-state index contributed by atoms with van der Waals surface area (Å²) < 4.78 is 13.0. The van der Waals surface area contributed by atoms with Gasteiger partial charge in [-0.15, -0.1) is 0 Å². The van der Waals surface area contributed by atoms with Gasteiger partial charge in [0, 0.05) is 16.2 Å². The number of carbonyl (C=O) groups excluding carboxylic acids is 3. The highest BCUT2D eigenvalue weighted by Crippen LogP contribution is 2.34. The van der Waals surface area contributed by atoms with Crippen molar-refractivity contribution in [3.05, 3.63) is 50.0 Å². The van der Waals surface area contributed by atoms with Crippen LogP contribution in [0.2, 0.25) is 0 Å². The zero-order valence-electron chi connectivity index (χ0n) is 19.0. The average molecular weight is 645 g/mol. The van der Waals surface area contributed by atoms with Crippen LogP contribution in [0.3, 0.4) is 0 Å². The summed E-state index contributed by atoms with van der Waals surface area (Å²) in [5.41, 5.74) is 3.47. The number of hydrogen-bond donors (Lipinski definition) is 3. The van der Waals surface area contributed by atoms with Crippen molar-refractivity contribution in [1.82, 2.24) is 10.7 Å². The molecule has 1 atom stereocenters. The number of carbonyl (C=O) groups is 3. The van der Waals surface area contributed by atoms with Crippen LogP contribution in [0.15, 0.2) is 46.0 Å². The van der Waals surface area contributed by atoms with Gasteiger partial charge in [-0.25, -0.2) is 5.43 Å². The van der Waals surface area contributed by atoms with Crippen molar-refractivity contribution in [1.29, 1.82) is 0 Å². The fourth-order valence-electron chi connectivity index (χ4n) is 2.54. The summed E-state index contributed by atoms with van der Waals surface area (Å²) in [7, 11) is 0. The summed E-state index contributed by atoms with van der Waals surface area (Å²) in [6.07, 6.45) is 2.10. The monoisotopic (exact) mass is 644 g/mol. The van der Waals surface area contributed by atoms with Gasteiger partial charge in [0.15, 0.2) is 18.1 Å². The highest BCUT2D eigenvalue weighted by Gasteiger charge is 2.16. The van der Waals surface area contributed by atoms with Crippen LogP contribution in [0.4, 0.5) is 5.69 Å². The van der Waals surface area contributed by atoms with Gasteiger partial charge in [-0.3, -0.25) is 14.4 Å². The molecule has 0 saturated heterocycles. The standard InChI is InChI=1S/C23H26BrIN4O5/c1-4-14(3)27-22(31)23(32)29-26-12-15-10-18(25)21(19(11-15)33-5-2)34-13-20(30)28-17-8-6-16(24)7-9-17/h6-12,14H,4-5,13H2,1-3H3,(H,27,31)(H,28,30)(H,29,32)/b26-12-/t14-/m0/s1. The van der Waals surface area contributed by atoms with Crippen LogP contribution in [0.5, 0.6) is 11.5 Å². The van der Waals surface area contributed by atoms with E-state index in [0.717, 1.165) is 4.47 Å². The van der Waals surface area contributed by atoms with Gasteiger partial charge < -0.3 is 20.1 Å². The summed E-state index contributed by atoms with van der Waals surface area (Å²) in [6.45, 7) is 5.71. The third-order valence-electron chi connectivity index (χ3n) is 4.38. The number of benzene rings is 2. The van der Waals surface area contributed by atoms with Crippen molar-refractivity contribution in [3.63, 3.8) is 0 Å². The molecule has 0 aliphatic carbocycles. The van der Waals surface area contributed by atoms with Crippen molar-refractivity contribution in [2.45, 2.75) is 33.2 Å². The van der Waals surface area contributed by atoms with Gasteiger partial charge in [0.25, 0.3) is 5.91 Å². The first-order chi connectivity index (χ1) is 16.2. The van der Waals surface area contributed by atoms with E-state index >= 15 is 0 Å². The maximum Gasteiger partial charge on any atom is 0.329 e. The Kier molecular flexibility index (Phi) is 11.3. The molecule has 11 heteroatoms. The average Bonchev–Trinajstić information content (AvgIpc) is 2.80. The SMILES string of the molecule is CCOc1cc(/C=N\NC(=O)C(=O)N[C@@H](C)CC)cc(I)c1OCC(=O)Nc1ccc(Br)cc1. The van der Waals surface area contributed by atoms with Gasteiger partial charge in [0.2, 0.25) is 0 Å². The quantitative estimate of drug-likeness (QED) is 0.157. The lowest BCUT2D eigenvalue weighted by Crippen LogP contribution is -2.41. The highest BCUT2D eigenvalue weighted by atomic mass is 127. The molecule has 0 fully saturated rings. The minimum absolute atomic E-state index is 0.109. The van der Waals surface area contributed by atoms with Crippen LogP contribution in [-0.2, 0) is 14.4 Å². The van der Waals surface area contributed by atoms with Crippen LogP contribution < -0.4 is 25.5 Å². The molecule has 0 bridgehead atoms. The number of hydrazone groups is 1. The third kappa shape index (κ3) is 8.93. The summed E-state index contributed by atoms with van der Waals surface area (Å²) >= 11 is 5.41. The first kappa shape index (κ1) is 27.6. The van der Waals surface area contributed by atoms with Gasteiger partial charge in [0.05, 0.1) is 16.4 Å². The van der Waals surface area contributed by atoms with E-state index in [9.17, 15) is 14.4 Å². The fraction of sp³-hybridized carbons (Fsp3) is 0.304. The molecule has 0 saturated carbocycles. The van der Waals surface area contributed by atoms with Crippen molar-refractivity contribution < 1.29 is 23.9 Å². The lowest BCUT2D eigenvalue weighted by atomic mass is 10.2. The van der Waals surface area contributed by atoms with E-state index in [1.54, 1.807) is 31.2 Å². The number of halogens is 2. The molecule has 0 spiro atoms. The number of ether oxygens (including phenoxy) is 2. The molecule has 0 radical (unpaired) electrons. The maximum atomic E-state index is 12.3. The molecule has 0 aliphatic heterocycles. The summed E-state index contributed by atoms with van der Waals surface area (Å²) in [5, 5.41) is 9.17. The van der Waals surface area contributed by atoms with E-state index in [0.29, 0.717) is 39.3 Å². The maximum absolute atomic E-state index is 12.3. The lowest BCUT2D eigenvalue weighted by molar-refractivity contribution is -0.139. The Morgan fingerprint density at radius 3 is 2.47 bits per heavy atom. The van der Waals surface area contributed by atoms with Crippen molar-refractivity contribution in [2.24, 2.45) is 5.10 Å². The Morgan fingerprint density at radius 1 is 1.12 bits per heavy atom. The Bertz CT molecular complexity index is 1050. The molecule has 3 N–H and O–H groups in total. The number of nitrogens with zero attached hydrogens (tertiary/aromatic N) is 1. The number of hydrogen-bond acceptors (Lipinski definition) is 6. The van der Waals surface area contributed by atoms with Gasteiger partial charge in [0.1, 0.15) is 0 Å². The van der Waals surface area contributed by atoms with Crippen LogP contribution in [0.1, 0.15) is 32.8 Å². The minimum atomic E-state index is -0.854. The van der Waals surface area contributed by atoms with Crippen molar-refractivity contribution in [3.8, 4) is 11.5 Å². The molecule has 2 rings (SSSR count). The van der Waals surface area contributed by atoms with E-state index in [2.05, 4.69) is 59.7 Å². The van der Waals surface area contributed by atoms with E-state index in [-0.39, 0.29) is 18.6 Å². The topological polar surface area (TPSA) is 118 Å². The smallest absolute Gasteiger partial charge is 0.329 e. The molecule has 2 aromatic rings. The Morgan fingerprint density at radius 2 is 1.82 bits per heavy atom. The predicted molar refractivity (Wildman–Crippen MR) is 142 cm³/mol. The molecule has 0 heterocycles. The van der Waals surface area contributed by atoms with Crippen LogP contribution >= 0.6 is 38.5 Å². The van der Waals surface area contributed by atoms with Crippen LogP contribution in [0, 0.1) is 3.57 Å². The van der Waals surface area contributed by atoms with Gasteiger partial charge >= 0.3 is 11.8 Å². The first-order valence-corrected chi connectivity index (χ1v) is 12.4. The molecular formula is C23H26BrIN4O5. The number of rotatable bonds is 10. The second-order valence-corrected chi connectivity index (χ2v) is 9.17. The second kappa shape index (κ2) is 13.9. The zero-order valence-corrected chi connectivity index (χ0v) is 22.7. The van der Waals surface area contributed by atoms with Gasteiger partial charge in [-0.2, -0.15) is 5.10 Å². The number of nitrogens with one attached hydrogen (secondary N) is 3. The molecule has 0 aliphatic rings. The highest BCUT2D eigenvalue weighted by molar-refractivity contribution is 14.1. The van der Waals surface area contributed by atoms with Gasteiger partial charge in [-0.05, 0) is 84.8 Å². The normalized spacial score (nSPS) is 11.6. The minimum Gasteiger partial charge on any atom is -0.490 e. The zero-order chi connectivity index (χ0) is 25.1. The number of anilines is 1. The van der Waals surface area contributed by atoms with E-state index in [1.165, 1.54) is 6.21 Å². The molecule has 2 aromatic carbocycles. The Hall–Kier alpha value is -2.67. The lowest BCUT2D eigenvalue weighted by Gasteiger charge is -2.14. The first-order valence-electron chi connectivity index (χ1n) is 10.5. The predicted octanol–water partition coefficient (Wildman–Crippen LogP) is 3.83. The Balaban J connectivity index is 2.03. The molecule has 0 aromatic heterocycles. The van der Waals surface area contributed by atoms with E-state index < -0.39 is 11.8 Å². The van der Waals surface area contributed by atoms with Crippen LogP contribution in [-0.4, -0.2) is 43.2 Å². The second-order valence-electron chi connectivity index (χ2n) is 7.09. The summed E-state index contributed by atoms with van der Waals surface area (Å²) in [6, 6.07) is 10.5. The third-order valence-corrected chi connectivity index (χ3v) is 5.71. The van der Waals surface area contributed by atoms with Crippen LogP contribution in [0.25, 0.3) is 0 Å². The van der Waals surface area contributed by atoms with E-state index in [1.807, 2.05) is 26.0 Å². The summed E-state index contributed by atoms with van der Waals surface area (Å²) in [4.78, 5) is 35.9.